The third-order valence-corrected chi connectivity index (χ3v) is 3.66. The number of benzene rings is 1. The molecule has 1 aromatic carbocycles. The molecule has 1 fully saturated rings. The molecule has 1 aromatic rings. The van der Waals surface area contributed by atoms with Crippen LogP contribution >= 0.6 is 11.6 Å². The topological polar surface area (TPSA) is 21.3 Å². The first-order valence-electron chi connectivity index (χ1n) is 6.33. The van der Waals surface area contributed by atoms with Crippen LogP contribution in [0.2, 0.25) is 5.02 Å². The maximum absolute atomic E-state index is 5.89. The molecule has 1 saturated heterocycles. The van der Waals surface area contributed by atoms with Gasteiger partial charge in [0.05, 0.1) is 6.10 Å². The molecule has 1 aliphatic heterocycles. The van der Waals surface area contributed by atoms with Crippen molar-refractivity contribution in [3.63, 3.8) is 0 Å². The largest absolute Gasteiger partial charge is 0.377 e. The van der Waals surface area contributed by atoms with Gasteiger partial charge in [0.1, 0.15) is 0 Å². The van der Waals surface area contributed by atoms with Gasteiger partial charge in [-0.2, -0.15) is 0 Å². The number of rotatable bonds is 4. The summed E-state index contributed by atoms with van der Waals surface area (Å²) in [6.07, 6.45) is 5.00. The van der Waals surface area contributed by atoms with Gasteiger partial charge < -0.3 is 10.1 Å². The van der Waals surface area contributed by atoms with Crippen molar-refractivity contribution < 1.29 is 4.74 Å². The quantitative estimate of drug-likeness (QED) is 0.891. The predicted molar refractivity (Wildman–Crippen MR) is 71.6 cm³/mol. The van der Waals surface area contributed by atoms with E-state index >= 15 is 0 Å². The average Bonchev–Trinajstić information content (AvgIpc) is 2.39. The van der Waals surface area contributed by atoms with Crippen molar-refractivity contribution in [3.05, 3.63) is 34.9 Å². The second-order valence-electron chi connectivity index (χ2n) is 4.63. The fourth-order valence-corrected chi connectivity index (χ4v) is 2.50. The minimum absolute atomic E-state index is 0.351. The molecule has 0 aromatic heterocycles. The van der Waals surface area contributed by atoms with E-state index < -0.39 is 0 Å². The van der Waals surface area contributed by atoms with Crippen LogP contribution in [-0.4, -0.2) is 25.8 Å². The highest BCUT2D eigenvalue weighted by Gasteiger charge is 2.23. The fraction of sp³-hybridized carbons (Fsp3) is 0.571. The SMILES string of the molecule is CNC(Cc1ccc(Cl)cc1)C1CCCCO1. The van der Waals surface area contributed by atoms with Crippen LogP contribution in [0.3, 0.4) is 0 Å². The molecule has 0 aliphatic carbocycles. The smallest absolute Gasteiger partial charge is 0.0731 e. The molecule has 2 nitrogen and oxygen atoms in total. The summed E-state index contributed by atoms with van der Waals surface area (Å²) < 4.78 is 5.84. The van der Waals surface area contributed by atoms with Gasteiger partial charge >= 0.3 is 0 Å². The van der Waals surface area contributed by atoms with Gasteiger partial charge in [0.2, 0.25) is 0 Å². The van der Waals surface area contributed by atoms with Crippen LogP contribution in [0.1, 0.15) is 24.8 Å². The van der Waals surface area contributed by atoms with E-state index in [4.69, 9.17) is 16.3 Å². The van der Waals surface area contributed by atoms with Crippen molar-refractivity contribution in [2.75, 3.05) is 13.7 Å². The summed E-state index contributed by atoms with van der Waals surface area (Å²) in [5.74, 6) is 0. The Kier molecular flexibility index (Phi) is 4.84. The maximum Gasteiger partial charge on any atom is 0.0731 e. The molecule has 0 radical (unpaired) electrons. The Hall–Kier alpha value is -0.570. The molecule has 17 heavy (non-hydrogen) atoms. The second-order valence-corrected chi connectivity index (χ2v) is 5.07. The van der Waals surface area contributed by atoms with Crippen LogP contribution in [0.4, 0.5) is 0 Å². The van der Waals surface area contributed by atoms with E-state index in [1.54, 1.807) is 0 Å². The molecule has 2 unspecified atom stereocenters. The van der Waals surface area contributed by atoms with Gasteiger partial charge in [0.25, 0.3) is 0 Å². The van der Waals surface area contributed by atoms with Gasteiger partial charge in [0, 0.05) is 17.7 Å². The Morgan fingerprint density at radius 2 is 2.12 bits per heavy atom. The number of hydrogen-bond donors (Lipinski definition) is 1. The number of halogens is 1. The molecular formula is C14H20ClNO. The van der Waals surface area contributed by atoms with Crippen LogP contribution in [0.15, 0.2) is 24.3 Å². The van der Waals surface area contributed by atoms with Gasteiger partial charge in [-0.15, -0.1) is 0 Å². The van der Waals surface area contributed by atoms with Crippen molar-refractivity contribution in [3.8, 4) is 0 Å². The average molecular weight is 254 g/mol. The first kappa shape index (κ1) is 12.9. The summed E-state index contributed by atoms with van der Waals surface area (Å²) in [5.41, 5.74) is 1.31. The third-order valence-electron chi connectivity index (χ3n) is 3.40. The third kappa shape index (κ3) is 3.70. The molecule has 1 aliphatic rings. The fourth-order valence-electron chi connectivity index (χ4n) is 2.38. The zero-order valence-electron chi connectivity index (χ0n) is 10.3. The number of likely N-dealkylation sites (N-methyl/N-ethyl adjacent to an activating group) is 1. The molecule has 2 atom stereocenters. The summed E-state index contributed by atoms with van der Waals surface area (Å²) in [6.45, 7) is 0.906. The minimum Gasteiger partial charge on any atom is -0.377 e. The molecular weight excluding hydrogens is 234 g/mol. The highest BCUT2D eigenvalue weighted by Crippen LogP contribution is 2.19. The van der Waals surface area contributed by atoms with E-state index in [1.807, 2.05) is 19.2 Å². The van der Waals surface area contributed by atoms with Gasteiger partial charge in [-0.25, -0.2) is 0 Å². The van der Waals surface area contributed by atoms with E-state index in [0.29, 0.717) is 12.1 Å². The van der Waals surface area contributed by atoms with Crippen LogP contribution < -0.4 is 5.32 Å². The van der Waals surface area contributed by atoms with Gasteiger partial charge in [0.15, 0.2) is 0 Å². The lowest BCUT2D eigenvalue weighted by atomic mass is 9.96. The summed E-state index contributed by atoms with van der Waals surface area (Å²) in [5, 5.41) is 4.17. The lowest BCUT2D eigenvalue weighted by Gasteiger charge is -2.30. The first-order chi connectivity index (χ1) is 8.29. The Morgan fingerprint density at radius 1 is 1.35 bits per heavy atom. The van der Waals surface area contributed by atoms with Crippen LogP contribution in [0.5, 0.6) is 0 Å². The highest BCUT2D eigenvalue weighted by molar-refractivity contribution is 6.30. The summed E-state index contributed by atoms with van der Waals surface area (Å²) in [6, 6.07) is 8.48. The van der Waals surface area contributed by atoms with Crippen molar-refractivity contribution in [2.45, 2.75) is 37.8 Å². The molecule has 1 heterocycles. The lowest BCUT2D eigenvalue weighted by Crippen LogP contribution is -2.42. The van der Waals surface area contributed by atoms with Gasteiger partial charge in [-0.1, -0.05) is 23.7 Å². The Morgan fingerprint density at radius 3 is 2.71 bits per heavy atom. The van der Waals surface area contributed by atoms with E-state index in [0.717, 1.165) is 18.1 Å². The minimum atomic E-state index is 0.351. The van der Waals surface area contributed by atoms with E-state index in [9.17, 15) is 0 Å². The number of ether oxygens (including phenoxy) is 1. The van der Waals surface area contributed by atoms with Crippen molar-refractivity contribution in [2.24, 2.45) is 0 Å². The highest BCUT2D eigenvalue weighted by atomic mass is 35.5. The molecule has 0 bridgehead atoms. The number of hydrogen-bond acceptors (Lipinski definition) is 2. The Balaban J connectivity index is 1.96. The van der Waals surface area contributed by atoms with Crippen molar-refractivity contribution >= 4 is 11.6 Å². The molecule has 94 valence electrons. The summed E-state index contributed by atoms with van der Waals surface area (Å²) in [4.78, 5) is 0. The molecule has 0 saturated carbocycles. The monoisotopic (exact) mass is 253 g/mol. The first-order valence-corrected chi connectivity index (χ1v) is 6.70. The standard InChI is InChI=1S/C14H20ClNO/c1-16-13(14-4-2-3-9-17-14)10-11-5-7-12(15)8-6-11/h5-8,13-14,16H,2-4,9-10H2,1H3. The van der Waals surface area contributed by atoms with E-state index in [2.05, 4.69) is 17.4 Å². The lowest BCUT2D eigenvalue weighted by molar-refractivity contribution is -0.00587. The van der Waals surface area contributed by atoms with Crippen molar-refractivity contribution in [1.82, 2.24) is 5.32 Å². The zero-order valence-corrected chi connectivity index (χ0v) is 11.0. The van der Waals surface area contributed by atoms with Crippen molar-refractivity contribution in [1.29, 1.82) is 0 Å². The molecule has 0 spiro atoms. The maximum atomic E-state index is 5.89. The van der Waals surface area contributed by atoms with E-state index in [-0.39, 0.29) is 0 Å². The zero-order chi connectivity index (χ0) is 12.1. The molecule has 2 rings (SSSR count). The van der Waals surface area contributed by atoms with Crippen LogP contribution in [0.25, 0.3) is 0 Å². The predicted octanol–water partition coefficient (Wildman–Crippen LogP) is 3.04. The van der Waals surface area contributed by atoms with E-state index in [1.165, 1.54) is 24.8 Å². The Bertz CT molecular complexity index is 333. The molecule has 1 N–H and O–H groups in total. The molecule has 3 heteroatoms. The van der Waals surface area contributed by atoms with Crippen LogP contribution in [0, 0.1) is 0 Å². The second kappa shape index (κ2) is 6.39. The molecule has 0 amide bonds. The van der Waals surface area contributed by atoms with Gasteiger partial charge in [-0.3, -0.25) is 0 Å². The van der Waals surface area contributed by atoms with Crippen LogP contribution in [-0.2, 0) is 11.2 Å². The van der Waals surface area contributed by atoms with Gasteiger partial charge in [-0.05, 0) is 50.4 Å². The normalized spacial score (nSPS) is 22.4. The summed E-state index contributed by atoms with van der Waals surface area (Å²) in [7, 11) is 2.01. The Labute approximate surface area is 108 Å². The number of nitrogens with one attached hydrogen (secondary N) is 1. The summed E-state index contributed by atoms with van der Waals surface area (Å²) >= 11 is 5.89.